The molecule has 8 heteroatoms. The molecule has 3 nitrogen and oxygen atoms in total. The van der Waals surface area contributed by atoms with Gasteiger partial charge in [0.05, 0.1) is 0 Å². The fourth-order valence-corrected chi connectivity index (χ4v) is 1.15. The molecular weight excluding hydrogens is 261 g/mol. The predicted molar refractivity (Wildman–Crippen MR) is 50.2 cm³/mol. The van der Waals surface area contributed by atoms with E-state index in [1.54, 1.807) is 0 Å². The zero-order chi connectivity index (χ0) is 14.0. The van der Waals surface area contributed by atoms with Gasteiger partial charge in [-0.2, -0.15) is 0 Å². The number of aliphatic carboxylic acids is 1. The van der Waals surface area contributed by atoms with E-state index in [2.05, 4.69) is 5.32 Å². The van der Waals surface area contributed by atoms with Crippen LogP contribution in [0.5, 0.6) is 0 Å². The molecule has 2 N–H and O–H groups in total. The van der Waals surface area contributed by atoms with Crippen LogP contribution in [0.15, 0.2) is 0 Å². The van der Waals surface area contributed by atoms with Crippen LogP contribution in [0.3, 0.4) is 0 Å². The van der Waals surface area contributed by atoms with Gasteiger partial charge < -0.3 is 10.4 Å². The van der Waals surface area contributed by atoms with Crippen molar-refractivity contribution in [1.82, 2.24) is 5.32 Å². The van der Waals surface area contributed by atoms with E-state index in [4.69, 9.17) is 5.11 Å². The third kappa shape index (κ3) is 2.58. The molecule has 0 aromatic heterocycles. The third-order valence-electron chi connectivity index (χ3n) is 2.26. The Labute approximate surface area is 98.2 Å². The van der Waals surface area contributed by atoms with E-state index < -0.39 is 53.2 Å². The average Bonchev–Trinajstić information content (AvgIpc) is 2.33. The van der Waals surface area contributed by atoms with Crippen LogP contribution in [-0.2, 0) is 11.3 Å². The Bertz CT molecular complexity index is 463. The summed E-state index contributed by atoms with van der Waals surface area (Å²) in [6.45, 7) is 0.369. The lowest BCUT2D eigenvalue weighted by atomic mass is 10.1. The number of hydrogen-bond acceptors (Lipinski definition) is 2. The van der Waals surface area contributed by atoms with Crippen LogP contribution >= 0.6 is 0 Å². The molecule has 1 atom stereocenters. The summed E-state index contributed by atoms with van der Waals surface area (Å²) in [7, 11) is 0. The van der Waals surface area contributed by atoms with Crippen molar-refractivity contribution in [2.75, 3.05) is 0 Å². The van der Waals surface area contributed by atoms with E-state index in [9.17, 15) is 26.7 Å². The van der Waals surface area contributed by atoms with Crippen LogP contribution < -0.4 is 5.32 Å². The minimum atomic E-state index is -2.25. The first-order chi connectivity index (χ1) is 8.27. The molecule has 0 unspecified atom stereocenters. The highest BCUT2D eigenvalue weighted by atomic mass is 19.2. The van der Waals surface area contributed by atoms with Crippen molar-refractivity contribution in [3.8, 4) is 0 Å². The molecule has 0 saturated heterocycles. The fourth-order valence-electron chi connectivity index (χ4n) is 1.15. The van der Waals surface area contributed by atoms with Gasteiger partial charge in [0.2, 0.25) is 5.82 Å². The molecule has 0 spiro atoms. The summed E-state index contributed by atoms with van der Waals surface area (Å²) in [6, 6.07) is -1.19. The molecular formula is C10H8F5NO2. The number of carboxylic acids is 1. The normalized spacial score (nSPS) is 12.6. The van der Waals surface area contributed by atoms with Crippen LogP contribution in [0.2, 0.25) is 0 Å². The number of carboxylic acid groups (broad SMARTS) is 1. The van der Waals surface area contributed by atoms with Gasteiger partial charge in [0.1, 0.15) is 6.04 Å². The Morgan fingerprint density at radius 1 is 1.06 bits per heavy atom. The van der Waals surface area contributed by atoms with Gasteiger partial charge in [-0.25, -0.2) is 22.0 Å². The van der Waals surface area contributed by atoms with Crippen molar-refractivity contribution in [2.24, 2.45) is 0 Å². The summed E-state index contributed by atoms with van der Waals surface area (Å²) in [6.07, 6.45) is 0. The third-order valence-corrected chi connectivity index (χ3v) is 2.26. The van der Waals surface area contributed by atoms with E-state index in [0.29, 0.717) is 0 Å². The molecule has 0 saturated carbocycles. The monoisotopic (exact) mass is 269 g/mol. The van der Waals surface area contributed by atoms with E-state index in [1.807, 2.05) is 0 Å². The maximum absolute atomic E-state index is 13.1. The van der Waals surface area contributed by atoms with Crippen LogP contribution in [0, 0.1) is 29.1 Å². The predicted octanol–water partition coefficient (Wildman–Crippen LogP) is 1.94. The van der Waals surface area contributed by atoms with Crippen molar-refractivity contribution in [1.29, 1.82) is 0 Å². The zero-order valence-electron chi connectivity index (χ0n) is 9.03. The van der Waals surface area contributed by atoms with Gasteiger partial charge in [-0.3, -0.25) is 4.79 Å². The molecule has 0 fully saturated rings. The zero-order valence-corrected chi connectivity index (χ0v) is 9.03. The second-order valence-electron chi connectivity index (χ2n) is 3.49. The second kappa shape index (κ2) is 5.30. The summed E-state index contributed by atoms with van der Waals surface area (Å²) in [5.74, 6) is -11.6. The summed E-state index contributed by atoms with van der Waals surface area (Å²) in [5.41, 5.74) is -1.10. The minimum absolute atomic E-state index is 0.792. The standard InChI is InChI=1S/C10H8F5NO2/c1-3(10(17)18)16-2-4-5(11)7(13)9(15)8(14)6(4)12/h3,16H,2H2,1H3,(H,17,18)/t3-/m0/s1. The molecule has 0 aliphatic heterocycles. The first-order valence-corrected chi connectivity index (χ1v) is 4.73. The lowest BCUT2D eigenvalue weighted by molar-refractivity contribution is -0.139. The fraction of sp³-hybridized carbons (Fsp3) is 0.300. The van der Waals surface area contributed by atoms with Gasteiger partial charge in [-0.15, -0.1) is 0 Å². The molecule has 0 aliphatic carbocycles. The highest BCUT2D eigenvalue weighted by Crippen LogP contribution is 2.22. The second-order valence-corrected chi connectivity index (χ2v) is 3.49. The number of hydrogen-bond donors (Lipinski definition) is 2. The molecule has 1 rings (SSSR count). The Hall–Kier alpha value is -1.70. The largest absolute Gasteiger partial charge is 0.480 e. The highest BCUT2D eigenvalue weighted by Gasteiger charge is 2.25. The first kappa shape index (κ1) is 14.4. The van der Waals surface area contributed by atoms with E-state index >= 15 is 0 Å². The minimum Gasteiger partial charge on any atom is -0.480 e. The van der Waals surface area contributed by atoms with Crippen LogP contribution in [0.25, 0.3) is 0 Å². The summed E-state index contributed by atoms with van der Waals surface area (Å²) in [4.78, 5) is 10.4. The van der Waals surface area contributed by atoms with Crippen LogP contribution in [0.1, 0.15) is 12.5 Å². The van der Waals surface area contributed by atoms with E-state index in [1.165, 1.54) is 0 Å². The van der Waals surface area contributed by atoms with Gasteiger partial charge in [-0.1, -0.05) is 0 Å². The molecule has 1 aromatic carbocycles. The van der Waals surface area contributed by atoms with Crippen LogP contribution in [-0.4, -0.2) is 17.1 Å². The summed E-state index contributed by atoms with van der Waals surface area (Å²) in [5, 5.41) is 10.6. The Morgan fingerprint density at radius 2 is 1.44 bits per heavy atom. The number of rotatable bonds is 4. The SMILES string of the molecule is C[C@H](NCc1c(F)c(F)c(F)c(F)c1F)C(=O)O. The maximum atomic E-state index is 13.1. The molecule has 0 amide bonds. The number of benzene rings is 1. The summed E-state index contributed by atoms with van der Waals surface area (Å²) >= 11 is 0. The van der Waals surface area contributed by atoms with Gasteiger partial charge in [0, 0.05) is 12.1 Å². The number of nitrogens with one attached hydrogen (secondary N) is 1. The Morgan fingerprint density at radius 3 is 1.83 bits per heavy atom. The summed E-state index contributed by atoms with van der Waals surface area (Å²) < 4.78 is 64.5. The molecule has 1 aromatic rings. The topological polar surface area (TPSA) is 49.3 Å². The van der Waals surface area contributed by atoms with Crippen molar-refractivity contribution in [3.63, 3.8) is 0 Å². The van der Waals surface area contributed by atoms with Crippen molar-refractivity contribution in [2.45, 2.75) is 19.5 Å². The number of carbonyl (C=O) groups is 1. The lowest BCUT2D eigenvalue weighted by Crippen LogP contribution is -2.34. The average molecular weight is 269 g/mol. The molecule has 0 bridgehead atoms. The van der Waals surface area contributed by atoms with Crippen molar-refractivity contribution >= 4 is 5.97 Å². The molecule has 0 radical (unpaired) electrons. The lowest BCUT2D eigenvalue weighted by Gasteiger charge is -2.11. The Kier molecular flexibility index (Phi) is 4.23. The number of halogens is 5. The van der Waals surface area contributed by atoms with Gasteiger partial charge in [0.15, 0.2) is 23.3 Å². The Balaban J connectivity index is 3.07. The quantitative estimate of drug-likeness (QED) is 0.499. The molecule has 0 heterocycles. The van der Waals surface area contributed by atoms with Gasteiger partial charge in [-0.05, 0) is 6.92 Å². The molecule has 18 heavy (non-hydrogen) atoms. The smallest absolute Gasteiger partial charge is 0.320 e. The molecule has 100 valence electrons. The van der Waals surface area contributed by atoms with E-state index in [0.717, 1.165) is 6.92 Å². The highest BCUT2D eigenvalue weighted by molar-refractivity contribution is 5.72. The van der Waals surface area contributed by atoms with E-state index in [-0.39, 0.29) is 0 Å². The van der Waals surface area contributed by atoms with Gasteiger partial charge in [0.25, 0.3) is 0 Å². The van der Waals surface area contributed by atoms with Crippen molar-refractivity contribution in [3.05, 3.63) is 34.6 Å². The van der Waals surface area contributed by atoms with Gasteiger partial charge >= 0.3 is 5.97 Å². The maximum Gasteiger partial charge on any atom is 0.320 e. The molecule has 0 aliphatic rings. The first-order valence-electron chi connectivity index (χ1n) is 4.73. The van der Waals surface area contributed by atoms with Crippen LogP contribution in [0.4, 0.5) is 22.0 Å². The van der Waals surface area contributed by atoms with Crippen molar-refractivity contribution < 1.29 is 31.9 Å².